The zero-order chi connectivity index (χ0) is 13.9. The number of urea groups is 1. The number of H-pyrrole nitrogens is 3. The number of nitrogens with zero attached hydrogens (tertiary/aromatic N) is 2. The molecule has 18 heavy (non-hydrogen) atoms. The Kier molecular flexibility index (Phi) is 3.34. The summed E-state index contributed by atoms with van der Waals surface area (Å²) >= 11 is 0. The first kappa shape index (κ1) is 12.8. The summed E-state index contributed by atoms with van der Waals surface area (Å²) < 4.78 is 0.298. The first-order valence-electron chi connectivity index (χ1n) is 4.26. The summed E-state index contributed by atoms with van der Waals surface area (Å²) in [6.45, 7) is 6.57. The summed E-state index contributed by atoms with van der Waals surface area (Å²) in [6.07, 6.45) is 0. The quantitative estimate of drug-likeness (QED) is 0.324. The highest BCUT2D eigenvalue weighted by molar-refractivity contribution is 5.69. The maximum absolute atomic E-state index is 11.3. The largest absolute Gasteiger partial charge is 0.398 e. The van der Waals surface area contributed by atoms with Crippen LogP contribution in [-0.2, 0) is 0 Å². The van der Waals surface area contributed by atoms with Crippen LogP contribution in [0.25, 0.3) is 16.1 Å². The summed E-state index contributed by atoms with van der Waals surface area (Å²) in [7, 11) is 0. The molecular formula is C7H7N7O4. The highest BCUT2D eigenvalue weighted by atomic mass is 16.2. The van der Waals surface area contributed by atoms with Crippen molar-refractivity contribution in [1.29, 1.82) is 0 Å². The van der Waals surface area contributed by atoms with Gasteiger partial charge in [-0.25, -0.2) is 14.4 Å². The van der Waals surface area contributed by atoms with E-state index in [4.69, 9.17) is 11.4 Å². The standard InChI is InChI=1S/C6H3N5O3.CH4N2O/c1-7-11-4(12)2-3(10-6(11)14)9-5(13)8-2;2-1(3)4/h(H,10,14)(H2,8,9,13);(H4,2,3,4). The van der Waals surface area contributed by atoms with Gasteiger partial charge in [-0.3, -0.25) is 19.7 Å². The molecule has 0 saturated heterocycles. The molecule has 0 spiro atoms. The molecule has 7 N–H and O–H groups in total. The van der Waals surface area contributed by atoms with Crippen molar-refractivity contribution in [1.82, 2.24) is 19.6 Å². The summed E-state index contributed by atoms with van der Waals surface area (Å²) in [5, 5.41) is 0. The first-order chi connectivity index (χ1) is 8.36. The Balaban J connectivity index is 0.000000357. The fourth-order valence-corrected chi connectivity index (χ4v) is 1.09. The van der Waals surface area contributed by atoms with Crippen LogP contribution in [0, 0.1) is 6.57 Å². The van der Waals surface area contributed by atoms with Crippen LogP contribution in [0.15, 0.2) is 14.4 Å². The topological polar surface area (TPSA) is 177 Å². The molecule has 0 fully saturated rings. The van der Waals surface area contributed by atoms with E-state index in [1.165, 1.54) is 0 Å². The fraction of sp³-hybridized carbons (Fsp3) is 0. The van der Waals surface area contributed by atoms with Gasteiger partial charge in [-0.2, -0.15) is 6.57 Å². The Labute approximate surface area is 96.8 Å². The molecular weight excluding hydrogens is 246 g/mol. The molecule has 0 atom stereocenters. The van der Waals surface area contributed by atoms with Crippen molar-refractivity contribution in [3.63, 3.8) is 0 Å². The molecule has 0 aliphatic heterocycles. The van der Waals surface area contributed by atoms with Crippen LogP contribution in [0.2, 0.25) is 0 Å². The van der Waals surface area contributed by atoms with E-state index in [1.807, 2.05) is 0 Å². The van der Waals surface area contributed by atoms with Crippen molar-refractivity contribution in [2.75, 3.05) is 0 Å². The van der Waals surface area contributed by atoms with Crippen LogP contribution in [-0.4, -0.2) is 25.7 Å². The molecule has 0 aliphatic carbocycles. The molecule has 0 aromatic carbocycles. The number of aromatic nitrogens is 4. The van der Waals surface area contributed by atoms with Crippen molar-refractivity contribution in [2.45, 2.75) is 0 Å². The van der Waals surface area contributed by atoms with Gasteiger partial charge < -0.3 is 11.5 Å². The van der Waals surface area contributed by atoms with E-state index in [1.54, 1.807) is 0 Å². The van der Waals surface area contributed by atoms with Crippen LogP contribution in [0.1, 0.15) is 0 Å². The van der Waals surface area contributed by atoms with Gasteiger partial charge in [0.1, 0.15) is 5.65 Å². The van der Waals surface area contributed by atoms with E-state index in [0.29, 0.717) is 4.68 Å². The lowest BCUT2D eigenvalue weighted by molar-refractivity contribution is 0.256. The number of hydrogen-bond acceptors (Lipinski definition) is 4. The molecule has 0 aliphatic rings. The number of rotatable bonds is 0. The van der Waals surface area contributed by atoms with E-state index in [0.717, 1.165) is 0 Å². The molecule has 11 nitrogen and oxygen atoms in total. The minimum Gasteiger partial charge on any atom is -0.352 e. The number of primary amides is 2. The molecule has 2 aromatic heterocycles. The normalized spacial score (nSPS) is 9.28. The molecule has 0 unspecified atom stereocenters. The maximum Gasteiger partial charge on any atom is 0.398 e. The zero-order valence-electron chi connectivity index (χ0n) is 8.68. The van der Waals surface area contributed by atoms with Crippen molar-refractivity contribution < 1.29 is 4.79 Å². The molecule has 0 bridgehead atoms. The van der Waals surface area contributed by atoms with Crippen molar-refractivity contribution in [3.05, 3.63) is 42.8 Å². The van der Waals surface area contributed by atoms with Crippen LogP contribution < -0.4 is 28.4 Å². The van der Waals surface area contributed by atoms with Crippen LogP contribution in [0.5, 0.6) is 0 Å². The molecule has 0 saturated carbocycles. The molecule has 94 valence electrons. The fourth-order valence-electron chi connectivity index (χ4n) is 1.09. The van der Waals surface area contributed by atoms with E-state index in [-0.39, 0.29) is 11.2 Å². The minimum atomic E-state index is -0.882. The van der Waals surface area contributed by atoms with Crippen LogP contribution in [0.4, 0.5) is 4.79 Å². The van der Waals surface area contributed by atoms with Crippen molar-refractivity contribution in [3.8, 4) is 0 Å². The van der Waals surface area contributed by atoms with Gasteiger partial charge in [0.05, 0.1) is 4.68 Å². The number of hydrogen-bond donors (Lipinski definition) is 5. The molecule has 11 heteroatoms. The Morgan fingerprint density at radius 1 is 1.17 bits per heavy atom. The Bertz CT molecular complexity index is 794. The Morgan fingerprint density at radius 3 is 2.22 bits per heavy atom. The highest BCUT2D eigenvalue weighted by Crippen LogP contribution is 1.91. The van der Waals surface area contributed by atoms with E-state index >= 15 is 0 Å². The number of nitrogens with one attached hydrogen (secondary N) is 3. The van der Waals surface area contributed by atoms with E-state index in [9.17, 15) is 14.4 Å². The number of imidazole rings is 1. The monoisotopic (exact) mass is 253 g/mol. The van der Waals surface area contributed by atoms with E-state index < -0.39 is 23.0 Å². The van der Waals surface area contributed by atoms with Gasteiger partial charge in [0.15, 0.2) is 5.52 Å². The third kappa shape index (κ3) is 2.44. The van der Waals surface area contributed by atoms with Crippen LogP contribution in [0.3, 0.4) is 0 Å². The predicted octanol–water partition coefficient (Wildman–Crippen LogP) is -2.59. The van der Waals surface area contributed by atoms with Crippen LogP contribution >= 0.6 is 0 Å². The Morgan fingerprint density at radius 2 is 1.72 bits per heavy atom. The van der Waals surface area contributed by atoms with Crippen molar-refractivity contribution in [2.24, 2.45) is 11.5 Å². The predicted molar refractivity (Wildman–Crippen MR) is 59.6 cm³/mol. The molecule has 0 radical (unpaired) electrons. The number of aromatic amines is 3. The third-order valence-electron chi connectivity index (χ3n) is 1.66. The number of amides is 2. The highest BCUT2D eigenvalue weighted by Gasteiger charge is 2.12. The molecule has 2 rings (SSSR count). The van der Waals surface area contributed by atoms with Gasteiger partial charge in [-0.15, -0.1) is 4.95 Å². The second kappa shape index (κ2) is 4.70. The maximum atomic E-state index is 11.3. The molecule has 2 amide bonds. The smallest absolute Gasteiger partial charge is 0.352 e. The summed E-state index contributed by atoms with van der Waals surface area (Å²) in [5.41, 5.74) is 6.02. The first-order valence-corrected chi connectivity index (χ1v) is 4.26. The molecule has 2 aromatic rings. The SMILES string of the molecule is NC(N)=O.[C-]#[N+]n1c(=O)[nH]c2[nH]c(=O)[nH]c2c1=O. The minimum absolute atomic E-state index is 0.00935. The number of carbonyl (C=O) groups is 1. The lowest BCUT2D eigenvalue weighted by Gasteiger charge is -1.87. The second-order valence-corrected chi connectivity index (χ2v) is 2.88. The Hall–Kier alpha value is -3.29. The summed E-state index contributed by atoms with van der Waals surface area (Å²) in [6, 6.07) is -0.833. The van der Waals surface area contributed by atoms with E-state index in [2.05, 4.69) is 31.4 Å². The number of nitrogens with two attached hydrogens (primary N) is 2. The number of carbonyl (C=O) groups excluding carboxylic acids is 1. The van der Waals surface area contributed by atoms with Gasteiger partial charge in [0.2, 0.25) is 0 Å². The molecule has 2 heterocycles. The lowest BCUT2D eigenvalue weighted by Crippen LogP contribution is -2.30. The lowest BCUT2D eigenvalue weighted by atomic mass is 10.5. The van der Waals surface area contributed by atoms with Gasteiger partial charge in [-0.05, 0) is 0 Å². The van der Waals surface area contributed by atoms with Gasteiger partial charge >= 0.3 is 23.0 Å². The van der Waals surface area contributed by atoms with Gasteiger partial charge in [0, 0.05) is 0 Å². The third-order valence-corrected chi connectivity index (χ3v) is 1.66. The second-order valence-electron chi connectivity index (χ2n) is 2.88. The van der Waals surface area contributed by atoms with Crippen molar-refractivity contribution >= 4 is 17.2 Å². The van der Waals surface area contributed by atoms with Gasteiger partial charge in [0.25, 0.3) is 0 Å². The number of fused-ring (bicyclic) bond motifs is 1. The van der Waals surface area contributed by atoms with Gasteiger partial charge in [-0.1, -0.05) is 0 Å². The average molecular weight is 253 g/mol. The summed E-state index contributed by atoms with van der Waals surface area (Å²) in [5.74, 6) is 0. The average Bonchev–Trinajstić information content (AvgIpc) is 2.58. The summed E-state index contributed by atoms with van der Waals surface area (Å²) in [4.78, 5) is 51.4. The zero-order valence-corrected chi connectivity index (χ0v) is 8.68.